The van der Waals surface area contributed by atoms with Gasteiger partial charge in [-0.2, -0.15) is 0 Å². The van der Waals surface area contributed by atoms with Gasteiger partial charge >= 0.3 is 0 Å². The summed E-state index contributed by atoms with van der Waals surface area (Å²) in [5.41, 5.74) is 1.21. The summed E-state index contributed by atoms with van der Waals surface area (Å²) in [5.74, 6) is 2.74. The molecular formula is C19H31N3O2. The van der Waals surface area contributed by atoms with E-state index in [9.17, 15) is 0 Å². The Labute approximate surface area is 145 Å². The van der Waals surface area contributed by atoms with Crippen LogP contribution in [0.5, 0.6) is 11.5 Å². The first-order valence-electron chi connectivity index (χ1n) is 9.15. The third-order valence-corrected chi connectivity index (χ3v) is 5.32. The summed E-state index contributed by atoms with van der Waals surface area (Å²) in [6.45, 7) is 9.21. The van der Waals surface area contributed by atoms with E-state index in [1.807, 2.05) is 12.1 Å². The van der Waals surface area contributed by atoms with Crippen molar-refractivity contribution in [3.8, 4) is 11.5 Å². The van der Waals surface area contributed by atoms with Gasteiger partial charge in [0.2, 0.25) is 0 Å². The summed E-state index contributed by atoms with van der Waals surface area (Å²) < 4.78 is 10.9. The molecule has 0 amide bonds. The SMILES string of the molecule is COc1ccc(OC)c(CN2CCN(CC3CCNCC3)CC2)c1. The normalized spacial score (nSPS) is 20.9. The van der Waals surface area contributed by atoms with Crippen molar-refractivity contribution < 1.29 is 9.47 Å². The van der Waals surface area contributed by atoms with Crippen LogP contribution in [0, 0.1) is 5.92 Å². The zero-order valence-electron chi connectivity index (χ0n) is 15.1. The van der Waals surface area contributed by atoms with E-state index < -0.39 is 0 Å². The zero-order valence-corrected chi connectivity index (χ0v) is 15.1. The van der Waals surface area contributed by atoms with E-state index >= 15 is 0 Å². The molecule has 2 fully saturated rings. The van der Waals surface area contributed by atoms with Crippen molar-refractivity contribution in [2.24, 2.45) is 5.92 Å². The van der Waals surface area contributed by atoms with Crippen LogP contribution in [-0.4, -0.2) is 69.8 Å². The van der Waals surface area contributed by atoms with Crippen molar-refractivity contribution >= 4 is 0 Å². The molecule has 0 unspecified atom stereocenters. The van der Waals surface area contributed by atoms with Gasteiger partial charge in [-0.1, -0.05) is 0 Å². The highest BCUT2D eigenvalue weighted by molar-refractivity contribution is 5.40. The summed E-state index contributed by atoms with van der Waals surface area (Å²) >= 11 is 0. The second-order valence-electron chi connectivity index (χ2n) is 6.95. The summed E-state index contributed by atoms with van der Waals surface area (Å²) in [5, 5.41) is 3.46. The average molecular weight is 333 g/mol. The van der Waals surface area contributed by atoms with Gasteiger partial charge in [-0.3, -0.25) is 4.90 Å². The maximum absolute atomic E-state index is 5.51. The fraction of sp³-hybridized carbons (Fsp3) is 0.684. The van der Waals surface area contributed by atoms with Gasteiger partial charge < -0.3 is 19.7 Å². The molecule has 0 radical (unpaired) electrons. The third-order valence-electron chi connectivity index (χ3n) is 5.32. The Kier molecular flexibility index (Phi) is 6.35. The number of nitrogens with zero attached hydrogens (tertiary/aromatic N) is 2. The molecule has 2 aliphatic heterocycles. The van der Waals surface area contributed by atoms with Crippen molar-refractivity contribution in [3.05, 3.63) is 23.8 Å². The highest BCUT2D eigenvalue weighted by Crippen LogP contribution is 2.25. The smallest absolute Gasteiger partial charge is 0.123 e. The first kappa shape index (κ1) is 17.5. The van der Waals surface area contributed by atoms with Crippen molar-refractivity contribution in [3.63, 3.8) is 0 Å². The standard InChI is InChI=1S/C19H31N3O2/c1-23-18-3-4-19(24-2)17(13-18)15-22-11-9-21(10-12-22)14-16-5-7-20-8-6-16/h3-4,13,16,20H,5-12,14-15H2,1-2H3. The average Bonchev–Trinajstić information content (AvgIpc) is 2.64. The van der Waals surface area contributed by atoms with E-state index in [0.29, 0.717) is 0 Å². The highest BCUT2D eigenvalue weighted by Gasteiger charge is 2.22. The number of piperidine rings is 1. The fourth-order valence-electron chi connectivity index (χ4n) is 3.81. The van der Waals surface area contributed by atoms with Crippen LogP contribution >= 0.6 is 0 Å². The maximum atomic E-state index is 5.51. The quantitative estimate of drug-likeness (QED) is 0.859. The molecule has 0 saturated carbocycles. The molecule has 5 heteroatoms. The minimum Gasteiger partial charge on any atom is -0.497 e. The Bertz CT molecular complexity index is 509. The molecule has 1 N–H and O–H groups in total. The van der Waals surface area contributed by atoms with Gasteiger partial charge in [-0.15, -0.1) is 0 Å². The molecule has 0 atom stereocenters. The first-order chi connectivity index (χ1) is 11.8. The van der Waals surface area contributed by atoms with Gasteiger partial charge in [0.25, 0.3) is 0 Å². The van der Waals surface area contributed by atoms with E-state index in [1.165, 1.54) is 51.1 Å². The molecule has 0 spiro atoms. The number of hydrogen-bond donors (Lipinski definition) is 1. The molecule has 3 rings (SSSR count). The molecule has 0 aromatic heterocycles. The number of nitrogens with one attached hydrogen (secondary N) is 1. The van der Waals surface area contributed by atoms with Crippen molar-refractivity contribution in [1.82, 2.24) is 15.1 Å². The van der Waals surface area contributed by atoms with Crippen molar-refractivity contribution in [2.45, 2.75) is 19.4 Å². The van der Waals surface area contributed by atoms with Gasteiger partial charge in [0.15, 0.2) is 0 Å². The van der Waals surface area contributed by atoms with E-state index in [0.717, 1.165) is 37.1 Å². The van der Waals surface area contributed by atoms with Crippen LogP contribution in [-0.2, 0) is 6.54 Å². The van der Waals surface area contributed by atoms with Gasteiger partial charge in [-0.25, -0.2) is 0 Å². The van der Waals surface area contributed by atoms with Crippen LogP contribution in [0.25, 0.3) is 0 Å². The van der Waals surface area contributed by atoms with Crippen LogP contribution in [0.15, 0.2) is 18.2 Å². The molecule has 134 valence electrons. The predicted molar refractivity (Wildman–Crippen MR) is 96.9 cm³/mol. The van der Waals surface area contributed by atoms with E-state index in [2.05, 4.69) is 21.2 Å². The summed E-state index contributed by atoms with van der Waals surface area (Å²) in [6.07, 6.45) is 2.67. The van der Waals surface area contributed by atoms with Crippen LogP contribution in [0.2, 0.25) is 0 Å². The Balaban J connectivity index is 1.50. The molecular weight excluding hydrogens is 302 g/mol. The van der Waals surface area contributed by atoms with Crippen LogP contribution < -0.4 is 14.8 Å². The van der Waals surface area contributed by atoms with E-state index in [4.69, 9.17) is 9.47 Å². The molecule has 2 heterocycles. The first-order valence-corrected chi connectivity index (χ1v) is 9.15. The lowest BCUT2D eigenvalue weighted by Gasteiger charge is -2.37. The summed E-state index contributed by atoms with van der Waals surface area (Å²) in [7, 11) is 3.45. The predicted octanol–water partition coefficient (Wildman–Crippen LogP) is 1.82. The zero-order chi connectivity index (χ0) is 16.8. The van der Waals surface area contributed by atoms with E-state index in [-0.39, 0.29) is 0 Å². The molecule has 0 bridgehead atoms. The number of benzene rings is 1. The fourth-order valence-corrected chi connectivity index (χ4v) is 3.81. The Hall–Kier alpha value is -1.30. The lowest BCUT2D eigenvalue weighted by Crippen LogP contribution is -2.48. The van der Waals surface area contributed by atoms with Crippen LogP contribution in [0.1, 0.15) is 18.4 Å². The minimum atomic E-state index is 0.885. The molecule has 2 saturated heterocycles. The third kappa shape index (κ3) is 4.62. The lowest BCUT2D eigenvalue weighted by molar-refractivity contribution is 0.106. The molecule has 1 aromatic rings. The number of methoxy groups -OCH3 is 2. The molecule has 1 aromatic carbocycles. The second kappa shape index (κ2) is 8.70. The minimum absolute atomic E-state index is 0.885. The molecule has 2 aliphatic rings. The van der Waals surface area contributed by atoms with Crippen LogP contribution in [0.4, 0.5) is 0 Å². The Morgan fingerprint density at radius 1 is 1.00 bits per heavy atom. The maximum Gasteiger partial charge on any atom is 0.123 e. The molecule has 24 heavy (non-hydrogen) atoms. The number of rotatable bonds is 6. The van der Waals surface area contributed by atoms with Crippen molar-refractivity contribution in [2.75, 3.05) is 60.0 Å². The van der Waals surface area contributed by atoms with Crippen molar-refractivity contribution in [1.29, 1.82) is 0 Å². The van der Waals surface area contributed by atoms with Crippen LogP contribution in [0.3, 0.4) is 0 Å². The summed E-state index contributed by atoms with van der Waals surface area (Å²) in [4.78, 5) is 5.17. The Morgan fingerprint density at radius 3 is 2.38 bits per heavy atom. The monoisotopic (exact) mass is 333 g/mol. The Morgan fingerprint density at radius 2 is 1.71 bits per heavy atom. The van der Waals surface area contributed by atoms with Gasteiger partial charge in [-0.05, 0) is 50.0 Å². The van der Waals surface area contributed by atoms with Gasteiger partial charge in [0.05, 0.1) is 14.2 Å². The molecule has 5 nitrogen and oxygen atoms in total. The van der Waals surface area contributed by atoms with Gasteiger partial charge in [0.1, 0.15) is 11.5 Å². The summed E-state index contributed by atoms with van der Waals surface area (Å²) in [6, 6.07) is 6.06. The number of ether oxygens (including phenoxy) is 2. The van der Waals surface area contributed by atoms with E-state index in [1.54, 1.807) is 14.2 Å². The second-order valence-corrected chi connectivity index (χ2v) is 6.95. The number of hydrogen-bond acceptors (Lipinski definition) is 5. The topological polar surface area (TPSA) is 37.0 Å². The number of piperazine rings is 1. The van der Waals surface area contributed by atoms with Gasteiger partial charge in [0, 0.05) is 44.8 Å². The highest BCUT2D eigenvalue weighted by atomic mass is 16.5. The lowest BCUT2D eigenvalue weighted by atomic mass is 9.97. The molecule has 0 aliphatic carbocycles. The largest absolute Gasteiger partial charge is 0.497 e.